The van der Waals surface area contributed by atoms with Crippen LogP contribution in [0.3, 0.4) is 0 Å². The molecule has 80 valence electrons. The van der Waals surface area contributed by atoms with Crippen LogP contribution in [0.15, 0.2) is 0 Å². The van der Waals surface area contributed by atoms with Crippen molar-refractivity contribution >= 4 is 17.9 Å². The zero-order valence-electron chi connectivity index (χ0n) is 7.78. The Kier molecular flexibility index (Phi) is 5.05. The van der Waals surface area contributed by atoms with Crippen LogP contribution in [0.1, 0.15) is 13.3 Å². The molecular formula is C7H13N3O4. The average molecular weight is 203 g/mol. The quantitative estimate of drug-likeness (QED) is 0.500. The number of carbonyl (C=O) groups excluding carboxylic acids is 3. The monoisotopic (exact) mass is 203 g/mol. The van der Waals surface area contributed by atoms with Gasteiger partial charge in [-0.2, -0.15) is 0 Å². The van der Waals surface area contributed by atoms with Crippen LogP contribution in [-0.2, 0) is 14.3 Å². The molecule has 0 bridgehead atoms. The lowest BCUT2D eigenvalue weighted by Crippen LogP contribution is -2.46. The number of ether oxygens (including phenoxy) is 1. The van der Waals surface area contributed by atoms with Crippen molar-refractivity contribution in [3.05, 3.63) is 0 Å². The molecule has 0 heterocycles. The lowest BCUT2D eigenvalue weighted by Gasteiger charge is -2.12. The second-order valence-electron chi connectivity index (χ2n) is 2.49. The molecule has 5 N–H and O–H groups in total. The zero-order chi connectivity index (χ0) is 11.1. The normalized spacial score (nSPS) is 11.5. The number of nitrogens with two attached hydrogens (primary N) is 2. The number of hydrogen-bond acceptors (Lipinski definition) is 4. The number of hydrogen-bond donors (Lipinski definition) is 3. The Hall–Kier alpha value is -1.79. The molecule has 0 unspecified atom stereocenters. The predicted octanol–water partition coefficient (Wildman–Crippen LogP) is -1.54. The third-order valence-electron chi connectivity index (χ3n) is 1.32. The molecule has 0 aliphatic carbocycles. The van der Waals surface area contributed by atoms with Crippen LogP contribution in [0.2, 0.25) is 0 Å². The lowest BCUT2D eigenvalue weighted by atomic mass is 10.2. The van der Waals surface area contributed by atoms with Crippen LogP contribution in [0, 0.1) is 0 Å². The van der Waals surface area contributed by atoms with Gasteiger partial charge >= 0.3 is 6.09 Å². The molecule has 0 spiro atoms. The van der Waals surface area contributed by atoms with Crippen molar-refractivity contribution in [3.8, 4) is 0 Å². The van der Waals surface area contributed by atoms with Gasteiger partial charge in [0.1, 0.15) is 6.04 Å². The van der Waals surface area contributed by atoms with Crippen molar-refractivity contribution in [3.63, 3.8) is 0 Å². The van der Waals surface area contributed by atoms with Crippen molar-refractivity contribution in [2.75, 3.05) is 6.61 Å². The topological polar surface area (TPSA) is 125 Å². The minimum absolute atomic E-state index is 0.161. The maximum Gasteiger partial charge on any atom is 0.407 e. The number of nitrogens with one attached hydrogen (secondary N) is 1. The molecule has 1 atom stereocenters. The van der Waals surface area contributed by atoms with Crippen molar-refractivity contribution in [2.24, 2.45) is 11.5 Å². The highest BCUT2D eigenvalue weighted by molar-refractivity contribution is 5.89. The summed E-state index contributed by atoms with van der Waals surface area (Å²) in [5.41, 5.74) is 9.75. The van der Waals surface area contributed by atoms with Crippen molar-refractivity contribution < 1.29 is 19.1 Å². The van der Waals surface area contributed by atoms with Gasteiger partial charge in [-0.15, -0.1) is 0 Å². The Morgan fingerprint density at radius 2 is 1.93 bits per heavy atom. The van der Waals surface area contributed by atoms with Gasteiger partial charge < -0.3 is 21.5 Å². The van der Waals surface area contributed by atoms with E-state index >= 15 is 0 Å². The predicted molar refractivity (Wildman–Crippen MR) is 47.0 cm³/mol. The molecule has 0 aromatic heterocycles. The minimum Gasteiger partial charge on any atom is -0.450 e. The molecule has 0 aromatic rings. The third kappa shape index (κ3) is 4.96. The summed E-state index contributed by atoms with van der Waals surface area (Å²) in [5, 5.41) is 2.11. The number of rotatable bonds is 5. The highest BCUT2D eigenvalue weighted by Crippen LogP contribution is 1.91. The Bertz CT molecular complexity index is 241. The smallest absolute Gasteiger partial charge is 0.407 e. The average Bonchev–Trinajstić information content (AvgIpc) is 2.02. The van der Waals surface area contributed by atoms with Gasteiger partial charge in [0.25, 0.3) is 0 Å². The van der Waals surface area contributed by atoms with Gasteiger partial charge in [0, 0.05) is 0 Å². The maximum absolute atomic E-state index is 10.8. The van der Waals surface area contributed by atoms with Gasteiger partial charge in [-0.3, -0.25) is 9.59 Å². The Morgan fingerprint density at radius 3 is 2.29 bits per heavy atom. The summed E-state index contributed by atoms with van der Waals surface area (Å²) in [7, 11) is 0. The number of amides is 3. The van der Waals surface area contributed by atoms with Gasteiger partial charge in [-0.05, 0) is 6.92 Å². The van der Waals surface area contributed by atoms with Crippen molar-refractivity contribution in [2.45, 2.75) is 19.4 Å². The number of primary amides is 2. The molecule has 0 aromatic carbocycles. The summed E-state index contributed by atoms with van der Waals surface area (Å²) < 4.78 is 4.49. The molecule has 0 radical (unpaired) electrons. The molecule has 0 aliphatic rings. The first-order valence-electron chi connectivity index (χ1n) is 3.98. The van der Waals surface area contributed by atoms with E-state index in [0.29, 0.717) is 0 Å². The van der Waals surface area contributed by atoms with Crippen molar-refractivity contribution in [1.29, 1.82) is 0 Å². The zero-order valence-corrected chi connectivity index (χ0v) is 7.78. The van der Waals surface area contributed by atoms with Crippen molar-refractivity contribution in [1.82, 2.24) is 5.32 Å². The van der Waals surface area contributed by atoms with Crippen LogP contribution in [0.25, 0.3) is 0 Å². The van der Waals surface area contributed by atoms with Gasteiger partial charge in [-0.1, -0.05) is 0 Å². The van der Waals surface area contributed by atoms with E-state index in [0.717, 1.165) is 0 Å². The van der Waals surface area contributed by atoms with Gasteiger partial charge in [-0.25, -0.2) is 4.79 Å². The first kappa shape index (κ1) is 12.2. The fraction of sp³-hybridized carbons (Fsp3) is 0.571. The molecule has 0 rings (SSSR count). The van der Waals surface area contributed by atoms with E-state index in [-0.39, 0.29) is 13.0 Å². The summed E-state index contributed by atoms with van der Waals surface area (Å²) in [6.07, 6.45) is -1.15. The van der Waals surface area contributed by atoms with E-state index in [1.54, 1.807) is 6.92 Å². The van der Waals surface area contributed by atoms with Crippen LogP contribution in [0.5, 0.6) is 0 Å². The van der Waals surface area contributed by atoms with E-state index < -0.39 is 23.9 Å². The molecule has 7 heteroatoms. The fourth-order valence-electron chi connectivity index (χ4n) is 0.739. The minimum atomic E-state index is -1.12. The van der Waals surface area contributed by atoms with Gasteiger partial charge in [0.05, 0.1) is 13.0 Å². The molecule has 0 saturated carbocycles. The fourth-order valence-corrected chi connectivity index (χ4v) is 0.739. The summed E-state index contributed by atoms with van der Waals surface area (Å²) in [6, 6.07) is -1.12. The SMILES string of the molecule is CCOC(=O)N[C@@H](CC(N)=O)C(N)=O. The largest absolute Gasteiger partial charge is 0.450 e. The molecule has 0 aliphatic heterocycles. The van der Waals surface area contributed by atoms with E-state index in [1.165, 1.54) is 0 Å². The van der Waals surface area contributed by atoms with Gasteiger partial charge in [0.2, 0.25) is 11.8 Å². The highest BCUT2D eigenvalue weighted by Gasteiger charge is 2.20. The Morgan fingerprint density at radius 1 is 1.36 bits per heavy atom. The summed E-state index contributed by atoms with van der Waals surface area (Å²) >= 11 is 0. The lowest BCUT2D eigenvalue weighted by molar-refractivity contribution is -0.125. The second-order valence-corrected chi connectivity index (χ2v) is 2.49. The molecule has 0 fully saturated rings. The van der Waals surface area contributed by atoms with Crippen LogP contribution >= 0.6 is 0 Å². The summed E-state index contributed by atoms with van der Waals surface area (Å²) in [5.74, 6) is -1.57. The van der Waals surface area contributed by atoms with Gasteiger partial charge in [0.15, 0.2) is 0 Å². The molecule has 7 nitrogen and oxygen atoms in total. The van der Waals surface area contributed by atoms with Crippen LogP contribution in [-0.4, -0.2) is 30.6 Å². The molecular weight excluding hydrogens is 190 g/mol. The molecule has 3 amide bonds. The summed E-state index contributed by atoms with van der Waals surface area (Å²) in [4.78, 5) is 32.0. The van der Waals surface area contributed by atoms with E-state index in [4.69, 9.17) is 11.5 Å². The first-order chi connectivity index (χ1) is 6.47. The van der Waals surface area contributed by atoms with E-state index in [2.05, 4.69) is 10.1 Å². The highest BCUT2D eigenvalue weighted by atomic mass is 16.5. The van der Waals surface area contributed by atoms with E-state index in [9.17, 15) is 14.4 Å². The third-order valence-corrected chi connectivity index (χ3v) is 1.32. The second kappa shape index (κ2) is 5.79. The van der Waals surface area contributed by atoms with Crippen LogP contribution < -0.4 is 16.8 Å². The molecule has 14 heavy (non-hydrogen) atoms. The maximum atomic E-state index is 10.8. The molecule has 0 saturated heterocycles. The summed E-state index contributed by atoms with van der Waals surface area (Å²) in [6.45, 7) is 1.76. The van der Waals surface area contributed by atoms with E-state index in [1.807, 2.05) is 0 Å². The standard InChI is InChI=1S/C7H13N3O4/c1-2-14-7(13)10-4(6(9)12)3-5(8)11/h4H,2-3H2,1H3,(H2,8,11)(H2,9,12)(H,10,13)/t4-/m0/s1. The Labute approximate surface area is 80.8 Å². The number of alkyl carbamates (subject to hydrolysis) is 1. The number of carbonyl (C=O) groups is 3. The Balaban J connectivity index is 4.16. The van der Waals surface area contributed by atoms with Crippen LogP contribution in [0.4, 0.5) is 4.79 Å². The first-order valence-corrected chi connectivity index (χ1v) is 3.98.